The monoisotopic (exact) mass is 643 g/mol. The Morgan fingerprint density at radius 1 is 0.641 bits per heavy atom. The van der Waals surface area contributed by atoms with Crippen molar-refractivity contribution in [2.45, 2.75) is 13.0 Å². The summed E-state index contributed by atoms with van der Waals surface area (Å²) < 4.78 is 34.4. The van der Waals surface area contributed by atoms with Crippen LogP contribution < -0.4 is 8.38 Å². The van der Waals surface area contributed by atoms with E-state index < -0.39 is 19.5 Å². The predicted octanol–water partition coefficient (Wildman–Crippen LogP) is 1.93. The van der Waals surface area contributed by atoms with E-state index in [9.17, 15) is 0 Å². The van der Waals surface area contributed by atoms with Crippen molar-refractivity contribution in [3.05, 3.63) is 97.6 Å². The number of benzene rings is 2. The molecule has 6 rings (SSSR count). The first-order chi connectivity index (χ1) is 18.2. The molecule has 12 heteroatoms. The molecule has 1 atom stereocenters. The van der Waals surface area contributed by atoms with Crippen molar-refractivity contribution in [3.8, 4) is 0 Å². The molecule has 10 nitrogen and oxygen atoms in total. The third-order valence-corrected chi connectivity index (χ3v) is 4.95. The molecule has 2 N–H and O–H groups in total. The van der Waals surface area contributed by atoms with E-state index >= 15 is 0 Å². The Kier molecular flexibility index (Phi) is 12.4. The van der Waals surface area contributed by atoms with Crippen LogP contribution in [0.2, 0.25) is 0 Å². The fourth-order valence-corrected chi connectivity index (χ4v) is 3.36. The molecule has 0 aliphatic rings. The van der Waals surface area contributed by atoms with Crippen molar-refractivity contribution in [1.82, 2.24) is 19.9 Å². The largest absolute Gasteiger partial charge is 2.00 e. The second-order valence-electron chi connectivity index (χ2n) is 7.87. The zero-order valence-electron chi connectivity index (χ0n) is 20.5. The molecule has 0 bridgehead atoms. The number of hydrogen-bond donors (Lipinski definition) is 2. The van der Waals surface area contributed by atoms with Crippen LogP contribution >= 0.6 is 0 Å². The molecule has 0 unspecified atom stereocenters. The first kappa shape index (κ1) is 31.8. The summed E-state index contributed by atoms with van der Waals surface area (Å²) in [5, 5.41) is 20.6. The average Bonchev–Trinajstić information content (AvgIpc) is 2.93. The molecule has 205 valence electrons. The number of aliphatic hydroxyl groups excluding tert-OH is 2. The van der Waals surface area contributed by atoms with Crippen LogP contribution in [0.25, 0.3) is 43.6 Å². The molecular weight excluding hydrogens is 619 g/mol. The van der Waals surface area contributed by atoms with Gasteiger partial charge in [-0.1, -0.05) is 48.5 Å². The van der Waals surface area contributed by atoms with Gasteiger partial charge in [-0.3, -0.25) is 19.9 Å². The molecule has 4 heterocycles. The van der Waals surface area contributed by atoms with E-state index in [1.54, 1.807) is 24.8 Å². The van der Waals surface area contributed by atoms with Crippen LogP contribution in [-0.2, 0) is 24.7 Å². The number of nitrogens with zero attached hydrogens (tertiary/aromatic N) is 4. The number of aromatic nitrogens is 4. The average molecular weight is 643 g/mol. The number of hydrogen-bond acceptors (Lipinski definition) is 10. The van der Waals surface area contributed by atoms with Gasteiger partial charge in [0, 0.05) is 46.3 Å². The maximum absolute atomic E-state index is 8.59. The van der Waals surface area contributed by atoms with Crippen molar-refractivity contribution in [1.29, 1.82) is 0 Å². The van der Waals surface area contributed by atoms with Gasteiger partial charge in [-0.15, -0.1) is 0 Å². The summed E-state index contributed by atoms with van der Waals surface area (Å²) in [7, 11) is 0. The van der Waals surface area contributed by atoms with Gasteiger partial charge < -0.3 is 10.2 Å². The van der Waals surface area contributed by atoms with E-state index in [0.717, 1.165) is 43.6 Å². The topological polar surface area (TPSA) is 172 Å². The van der Waals surface area contributed by atoms with E-state index in [0.29, 0.717) is 0 Å². The maximum Gasteiger partial charge on any atom is 2.00 e. The summed E-state index contributed by atoms with van der Waals surface area (Å²) >= 11 is -5.75. The molecule has 0 saturated heterocycles. The zero-order valence-corrected chi connectivity index (χ0v) is 23.2. The predicted molar refractivity (Wildman–Crippen MR) is 140 cm³/mol. The van der Waals surface area contributed by atoms with Gasteiger partial charge in [0.2, 0.25) is 0 Å². The van der Waals surface area contributed by atoms with E-state index in [1.807, 2.05) is 24.3 Å². The minimum absolute atomic E-state index is 0. The fraction of sp³-hybridized carbons (Fsp3) is 0.111. The third-order valence-electron chi connectivity index (χ3n) is 4.95. The number of rotatable bonds is 1. The standard InChI is InChI=1S/2C12H8N2.C3H8O2.Cu.H2O4Se/c2*1-3-9-5-6-10-4-2-8-14-12(10)11(9)13-7-1;1-3(5)2-4;;1-5(2,3)4/h2*1-8H;3-5H,2H2,1H3;;(H2,1,2,3,4)/q;;;+2;/p-2/t;;3-;;/m..1../s1. The molecule has 1 radical (unpaired) electrons. The van der Waals surface area contributed by atoms with Crippen molar-refractivity contribution in [2.75, 3.05) is 6.61 Å². The summed E-state index contributed by atoms with van der Waals surface area (Å²) in [5.74, 6) is 0. The van der Waals surface area contributed by atoms with E-state index in [2.05, 4.69) is 68.5 Å². The molecule has 0 aliphatic heterocycles. The first-order valence-corrected chi connectivity index (χ1v) is 14.1. The van der Waals surface area contributed by atoms with Crippen LogP contribution in [0.3, 0.4) is 0 Å². The zero-order chi connectivity index (χ0) is 27.5. The SMILES string of the molecule is C[C@@H](O)CO.O=[Se](=O)([O-])[O-].[Cu+2].c1cnc2c(c1)ccc1cccnc12.c1cnc2c(c1)ccc1cccnc12. The van der Waals surface area contributed by atoms with E-state index in [-0.39, 0.29) is 23.7 Å². The molecule has 0 amide bonds. The molecular formula is C27H24CuN4O6Se. The van der Waals surface area contributed by atoms with Gasteiger partial charge in [-0.25, -0.2) is 0 Å². The third kappa shape index (κ3) is 9.99. The van der Waals surface area contributed by atoms with Gasteiger partial charge in [0.25, 0.3) is 0 Å². The minimum atomic E-state index is -5.75. The Balaban J connectivity index is 0.000000202. The van der Waals surface area contributed by atoms with Crippen LogP contribution in [0.5, 0.6) is 0 Å². The molecule has 2 aromatic carbocycles. The number of pyridine rings is 4. The molecule has 0 spiro atoms. The Labute approximate surface area is 236 Å². The Hall–Kier alpha value is -3.44. The van der Waals surface area contributed by atoms with Gasteiger partial charge >= 0.3 is 46.5 Å². The number of fused-ring (bicyclic) bond motifs is 6. The molecule has 0 fully saturated rings. The van der Waals surface area contributed by atoms with Crippen molar-refractivity contribution < 1.29 is 43.3 Å². The summed E-state index contributed by atoms with van der Waals surface area (Å²) in [4.78, 5) is 17.4. The van der Waals surface area contributed by atoms with Gasteiger partial charge in [0.05, 0.1) is 34.8 Å². The van der Waals surface area contributed by atoms with Gasteiger partial charge in [0.1, 0.15) is 0 Å². The normalized spacial score (nSPS) is 11.2. The van der Waals surface area contributed by atoms with Crippen LogP contribution in [0.4, 0.5) is 0 Å². The van der Waals surface area contributed by atoms with Gasteiger partial charge in [-0.2, -0.15) is 0 Å². The smallest absolute Gasteiger partial charge is 0.254 e. The second kappa shape index (κ2) is 15.2. The second-order valence-corrected chi connectivity index (χ2v) is 9.58. The summed E-state index contributed by atoms with van der Waals surface area (Å²) in [6.07, 6.45) is 6.65. The molecule has 0 saturated carbocycles. The molecule has 6 aromatic rings. The Morgan fingerprint density at radius 3 is 1.03 bits per heavy atom. The first-order valence-electron chi connectivity index (χ1n) is 11.3. The molecule has 39 heavy (non-hydrogen) atoms. The Bertz CT molecular complexity index is 1520. The maximum atomic E-state index is 8.59. The summed E-state index contributed by atoms with van der Waals surface area (Å²) in [6, 6.07) is 24.3. The number of aliphatic hydroxyl groups is 2. The van der Waals surface area contributed by atoms with Crippen molar-refractivity contribution in [3.63, 3.8) is 0 Å². The summed E-state index contributed by atoms with van der Waals surface area (Å²) in [5.41, 5.74) is 3.91. The van der Waals surface area contributed by atoms with E-state index in [1.165, 1.54) is 6.92 Å². The Morgan fingerprint density at radius 2 is 0.846 bits per heavy atom. The minimum Gasteiger partial charge on any atom is -0.254 e. The molecule has 0 aliphatic carbocycles. The fourth-order valence-electron chi connectivity index (χ4n) is 3.36. The van der Waals surface area contributed by atoms with Crippen LogP contribution in [-0.4, -0.2) is 56.2 Å². The van der Waals surface area contributed by atoms with Crippen molar-refractivity contribution >= 4 is 57.0 Å². The van der Waals surface area contributed by atoms with E-state index in [4.69, 9.17) is 26.3 Å². The van der Waals surface area contributed by atoms with Gasteiger partial charge in [0.15, 0.2) is 0 Å². The quantitative estimate of drug-likeness (QED) is 0.199. The van der Waals surface area contributed by atoms with Gasteiger partial charge in [-0.05, 0) is 31.2 Å². The molecule has 4 aromatic heterocycles. The van der Waals surface area contributed by atoms with Crippen LogP contribution in [0, 0.1) is 0 Å². The summed E-state index contributed by atoms with van der Waals surface area (Å²) in [6.45, 7) is 1.39. The van der Waals surface area contributed by atoms with Crippen LogP contribution in [0.1, 0.15) is 6.92 Å². The van der Waals surface area contributed by atoms with Crippen molar-refractivity contribution in [2.24, 2.45) is 0 Å². The van der Waals surface area contributed by atoms with Crippen LogP contribution in [0.15, 0.2) is 97.6 Å².